The quantitative estimate of drug-likeness (QED) is 0.604. The van der Waals surface area contributed by atoms with Gasteiger partial charge in [-0.1, -0.05) is 0 Å². The van der Waals surface area contributed by atoms with E-state index in [0.29, 0.717) is 0 Å². The summed E-state index contributed by atoms with van der Waals surface area (Å²) in [5, 5.41) is 3.99. The van der Waals surface area contributed by atoms with Crippen LogP contribution in [0.2, 0.25) is 0 Å². The molecule has 0 unspecified atom stereocenters. The largest absolute Gasteiger partial charge is 0.467 e. The minimum Gasteiger partial charge on any atom is -0.467 e. The fourth-order valence-corrected chi connectivity index (χ4v) is 1.22. The van der Waals surface area contributed by atoms with Gasteiger partial charge < -0.3 is 4.74 Å². The van der Waals surface area contributed by atoms with Crippen LogP contribution < -0.4 is 0 Å². The summed E-state index contributed by atoms with van der Waals surface area (Å²) in [4.78, 5) is 11.0. The molecule has 0 aromatic carbocycles. The second-order valence-electron chi connectivity index (χ2n) is 2.34. The molecule has 0 N–H and O–H groups in total. The molecule has 1 aromatic rings. The van der Waals surface area contributed by atoms with E-state index in [9.17, 15) is 4.79 Å². The maximum atomic E-state index is 11.0. The fourth-order valence-electron chi connectivity index (χ4n) is 0.805. The average molecular weight is 280 g/mol. The number of ether oxygens (including phenoxy) is 1. The van der Waals surface area contributed by atoms with Crippen LogP contribution in [0.5, 0.6) is 0 Å². The second-order valence-corrected chi connectivity index (χ2v) is 3.58. The first-order chi connectivity index (χ1) is 5.65. The van der Waals surface area contributed by atoms with E-state index in [1.54, 1.807) is 24.0 Å². The van der Waals surface area contributed by atoms with Crippen molar-refractivity contribution in [1.29, 1.82) is 0 Å². The maximum Gasteiger partial charge on any atom is 0.330 e. The van der Waals surface area contributed by atoms with Crippen LogP contribution in [0, 0.1) is 3.57 Å². The van der Waals surface area contributed by atoms with E-state index in [1.165, 1.54) is 7.11 Å². The number of rotatable bonds is 2. The van der Waals surface area contributed by atoms with Gasteiger partial charge in [-0.05, 0) is 29.5 Å². The van der Waals surface area contributed by atoms with E-state index >= 15 is 0 Å². The molecule has 0 aliphatic heterocycles. The van der Waals surface area contributed by atoms with Gasteiger partial charge in [-0.3, -0.25) is 4.68 Å². The topological polar surface area (TPSA) is 44.1 Å². The zero-order chi connectivity index (χ0) is 9.14. The first kappa shape index (κ1) is 9.50. The third-order valence-corrected chi connectivity index (χ3v) is 2.07. The molecule has 0 spiro atoms. The number of methoxy groups -OCH3 is 1. The number of carbonyl (C=O) groups excluding carboxylic acids is 1. The van der Waals surface area contributed by atoms with Crippen LogP contribution in [0.3, 0.4) is 0 Å². The van der Waals surface area contributed by atoms with E-state index in [0.717, 1.165) is 3.57 Å². The molecule has 12 heavy (non-hydrogen) atoms. The van der Waals surface area contributed by atoms with Gasteiger partial charge in [0.2, 0.25) is 0 Å². The molecule has 1 heterocycles. The highest BCUT2D eigenvalue weighted by Crippen LogP contribution is 2.09. The molecule has 0 bridgehead atoms. The molecule has 4 nitrogen and oxygen atoms in total. The molecule has 1 aromatic heterocycles. The van der Waals surface area contributed by atoms with Crippen molar-refractivity contribution in [1.82, 2.24) is 9.78 Å². The number of halogens is 1. The minimum atomic E-state index is -0.349. The summed E-state index contributed by atoms with van der Waals surface area (Å²) in [5.74, 6) is -0.283. The molecular weight excluding hydrogens is 271 g/mol. The van der Waals surface area contributed by atoms with Crippen molar-refractivity contribution in [2.75, 3.05) is 7.11 Å². The summed E-state index contributed by atoms with van der Waals surface area (Å²) in [6.07, 6.45) is 3.49. The van der Waals surface area contributed by atoms with Crippen molar-refractivity contribution < 1.29 is 9.53 Å². The lowest BCUT2D eigenvalue weighted by Gasteiger charge is -2.08. The third-order valence-electron chi connectivity index (χ3n) is 1.51. The van der Waals surface area contributed by atoms with Gasteiger partial charge in [-0.2, -0.15) is 5.10 Å². The van der Waals surface area contributed by atoms with Gasteiger partial charge in [-0.25, -0.2) is 4.79 Å². The predicted octanol–water partition coefficient (Wildman–Crippen LogP) is 1.22. The van der Waals surface area contributed by atoms with E-state index in [1.807, 2.05) is 0 Å². The number of carbonyl (C=O) groups is 1. The maximum absolute atomic E-state index is 11.0. The summed E-state index contributed by atoms with van der Waals surface area (Å²) in [5.41, 5.74) is 0. The van der Waals surface area contributed by atoms with Crippen molar-refractivity contribution in [2.45, 2.75) is 13.0 Å². The second kappa shape index (κ2) is 3.88. The molecule has 1 atom stereocenters. The Kier molecular flexibility index (Phi) is 3.07. The first-order valence-electron chi connectivity index (χ1n) is 3.42. The standard InChI is InChI=1S/C7H9IN2O2/c1-5(7(11)12-2)10-4-6(8)3-9-10/h3-5H,1-2H3/t5-/m0/s1. The number of hydrogen-bond donors (Lipinski definition) is 0. The molecule has 0 radical (unpaired) electrons. The summed E-state index contributed by atoms with van der Waals surface area (Å²) >= 11 is 2.13. The van der Waals surface area contributed by atoms with Crippen LogP contribution in [-0.4, -0.2) is 22.9 Å². The molecule has 0 aliphatic rings. The van der Waals surface area contributed by atoms with Gasteiger partial charge in [0, 0.05) is 6.20 Å². The average Bonchev–Trinajstić information content (AvgIpc) is 2.49. The van der Waals surface area contributed by atoms with Gasteiger partial charge in [-0.15, -0.1) is 0 Å². The van der Waals surface area contributed by atoms with Crippen LogP contribution in [0.25, 0.3) is 0 Å². The van der Waals surface area contributed by atoms with Crippen molar-refractivity contribution >= 4 is 28.6 Å². The predicted molar refractivity (Wildman–Crippen MR) is 51.7 cm³/mol. The number of esters is 1. The first-order valence-corrected chi connectivity index (χ1v) is 4.50. The van der Waals surface area contributed by atoms with E-state index in [4.69, 9.17) is 0 Å². The summed E-state index contributed by atoms with van der Waals surface area (Å²) in [7, 11) is 1.37. The zero-order valence-corrected chi connectivity index (χ0v) is 8.98. The molecule has 1 rings (SSSR count). The minimum absolute atomic E-state index is 0.283. The molecule has 0 fully saturated rings. The summed E-state index contributed by atoms with van der Waals surface area (Å²) in [6.45, 7) is 1.74. The van der Waals surface area contributed by atoms with Crippen LogP contribution in [0.4, 0.5) is 0 Å². The van der Waals surface area contributed by atoms with E-state index in [-0.39, 0.29) is 12.0 Å². The molecule has 0 aliphatic carbocycles. The van der Waals surface area contributed by atoms with Crippen LogP contribution in [0.1, 0.15) is 13.0 Å². The van der Waals surface area contributed by atoms with Gasteiger partial charge in [0.05, 0.1) is 16.9 Å². The van der Waals surface area contributed by atoms with Crippen LogP contribution in [-0.2, 0) is 9.53 Å². The van der Waals surface area contributed by atoms with Crippen molar-refractivity contribution in [3.8, 4) is 0 Å². The molecule has 66 valence electrons. The molecule has 0 saturated carbocycles. The monoisotopic (exact) mass is 280 g/mol. The van der Waals surface area contributed by atoms with E-state index < -0.39 is 0 Å². The highest BCUT2D eigenvalue weighted by Gasteiger charge is 2.15. The fraction of sp³-hybridized carbons (Fsp3) is 0.429. The van der Waals surface area contributed by atoms with Crippen molar-refractivity contribution in [3.05, 3.63) is 16.0 Å². The summed E-state index contributed by atoms with van der Waals surface area (Å²) in [6, 6.07) is -0.349. The molecule has 0 saturated heterocycles. The zero-order valence-electron chi connectivity index (χ0n) is 6.82. The molecule has 0 amide bonds. The smallest absolute Gasteiger partial charge is 0.330 e. The van der Waals surface area contributed by atoms with Gasteiger partial charge >= 0.3 is 5.97 Å². The SMILES string of the molecule is COC(=O)[C@H](C)n1cc(I)cn1. The number of nitrogens with zero attached hydrogens (tertiary/aromatic N) is 2. The van der Waals surface area contributed by atoms with E-state index in [2.05, 4.69) is 32.4 Å². The summed E-state index contributed by atoms with van der Waals surface area (Å²) < 4.78 is 7.15. The van der Waals surface area contributed by atoms with Gasteiger partial charge in [0.1, 0.15) is 6.04 Å². The van der Waals surface area contributed by atoms with Gasteiger partial charge in [0.25, 0.3) is 0 Å². The number of aromatic nitrogens is 2. The Bertz CT molecular complexity index is 285. The Balaban J connectivity index is 2.77. The molecule has 5 heteroatoms. The lowest BCUT2D eigenvalue weighted by molar-refractivity contribution is -0.144. The normalized spacial score (nSPS) is 12.6. The van der Waals surface area contributed by atoms with Crippen molar-refractivity contribution in [3.63, 3.8) is 0 Å². The lowest BCUT2D eigenvalue weighted by atomic mass is 10.3. The Morgan fingerprint density at radius 2 is 2.50 bits per heavy atom. The van der Waals surface area contributed by atoms with Crippen molar-refractivity contribution in [2.24, 2.45) is 0 Å². The Hall–Kier alpha value is -0.590. The Morgan fingerprint density at radius 3 is 2.92 bits per heavy atom. The van der Waals surface area contributed by atoms with Crippen LogP contribution >= 0.6 is 22.6 Å². The molecular formula is C7H9IN2O2. The van der Waals surface area contributed by atoms with Crippen LogP contribution in [0.15, 0.2) is 12.4 Å². The lowest BCUT2D eigenvalue weighted by Crippen LogP contribution is -2.17. The highest BCUT2D eigenvalue weighted by atomic mass is 127. The Labute approximate surface area is 84.0 Å². The highest BCUT2D eigenvalue weighted by molar-refractivity contribution is 14.1. The number of hydrogen-bond acceptors (Lipinski definition) is 3. The van der Waals surface area contributed by atoms with Gasteiger partial charge in [0.15, 0.2) is 0 Å². The third kappa shape index (κ3) is 1.96. The Morgan fingerprint density at radius 1 is 1.83 bits per heavy atom.